The molecule has 3 fully saturated rings. The van der Waals surface area contributed by atoms with E-state index in [0.717, 1.165) is 58.0 Å². The van der Waals surface area contributed by atoms with Gasteiger partial charge in [-0.1, -0.05) is 12.8 Å². The summed E-state index contributed by atoms with van der Waals surface area (Å²) in [6.45, 7) is 1.74. The van der Waals surface area contributed by atoms with Crippen molar-refractivity contribution in [3.8, 4) is 0 Å². The van der Waals surface area contributed by atoms with Gasteiger partial charge in [-0.3, -0.25) is 4.79 Å². The SMILES string of the molecule is O=C(CS(=O)(=O)C1CCCC1)N1C2CCNCC1CC2. The van der Waals surface area contributed by atoms with Crippen molar-refractivity contribution in [2.45, 2.75) is 62.3 Å². The van der Waals surface area contributed by atoms with Crippen LogP contribution >= 0.6 is 0 Å². The molecule has 2 saturated heterocycles. The molecular weight excluding hydrogens is 276 g/mol. The van der Waals surface area contributed by atoms with Crippen LogP contribution < -0.4 is 5.32 Å². The van der Waals surface area contributed by atoms with Gasteiger partial charge >= 0.3 is 0 Å². The first kappa shape index (κ1) is 14.3. The third kappa shape index (κ3) is 2.72. The number of carbonyl (C=O) groups excluding carboxylic acids is 1. The first-order valence-electron chi connectivity index (χ1n) is 7.81. The minimum absolute atomic E-state index is 0.159. The van der Waals surface area contributed by atoms with E-state index >= 15 is 0 Å². The zero-order valence-electron chi connectivity index (χ0n) is 11.9. The van der Waals surface area contributed by atoms with E-state index in [1.165, 1.54) is 0 Å². The molecule has 114 valence electrons. The Balaban J connectivity index is 1.69. The summed E-state index contributed by atoms with van der Waals surface area (Å²) in [7, 11) is -3.25. The van der Waals surface area contributed by atoms with Crippen molar-refractivity contribution >= 4 is 15.7 Å². The number of rotatable bonds is 3. The number of carbonyl (C=O) groups is 1. The van der Waals surface area contributed by atoms with Crippen LogP contribution in [0.15, 0.2) is 0 Å². The maximum Gasteiger partial charge on any atom is 0.238 e. The van der Waals surface area contributed by atoms with E-state index in [-0.39, 0.29) is 29.0 Å². The minimum Gasteiger partial charge on any atom is -0.335 e. The number of fused-ring (bicyclic) bond motifs is 2. The molecular formula is C14H24N2O3S. The third-order valence-corrected chi connectivity index (χ3v) is 7.21. The van der Waals surface area contributed by atoms with Gasteiger partial charge in [0.15, 0.2) is 9.84 Å². The molecule has 2 heterocycles. The Bertz CT molecular complexity index is 457. The molecule has 0 aromatic heterocycles. The van der Waals surface area contributed by atoms with Crippen molar-refractivity contribution in [3.05, 3.63) is 0 Å². The zero-order chi connectivity index (χ0) is 14.2. The highest BCUT2D eigenvalue weighted by molar-refractivity contribution is 7.92. The standard InChI is InChI=1S/C14H24N2O3S/c17-14(10-20(18,19)13-3-1-2-4-13)16-11-5-6-12(16)9-15-8-7-11/h11-13,15H,1-10H2. The van der Waals surface area contributed by atoms with Crippen LogP contribution in [0, 0.1) is 0 Å². The van der Waals surface area contributed by atoms with Crippen molar-refractivity contribution in [1.29, 1.82) is 0 Å². The normalized spacial score (nSPS) is 31.5. The summed E-state index contributed by atoms with van der Waals surface area (Å²) >= 11 is 0. The van der Waals surface area contributed by atoms with Crippen LogP contribution in [-0.4, -0.2) is 55.4 Å². The molecule has 2 atom stereocenters. The number of amides is 1. The summed E-state index contributed by atoms with van der Waals surface area (Å²) in [5.41, 5.74) is 0. The highest BCUT2D eigenvalue weighted by Gasteiger charge is 2.40. The molecule has 3 rings (SSSR count). The van der Waals surface area contributed by atoms with Gasteiger partial charge in [0.05, 0.1) is 5.25 Å². The Hall–Kier alpha value is -0.620. The van der Waals surface area contributed by atoms with Gasteiger partial charge in [-0.2, -0.15) is 0 Å². The Morgan fingerprint density at radius 3 is 2.50 bits per heavy atom. The first-order chi connectivity index (χ1) is 9.58. The highest BCUT2D eigenvalue weighted by Crippen LogP contribution is 2.30. The van der Waals surface area contributed by atoms with Crippen molar-refractivity contribution in [2.24, 2.45) is 0 Å². The van der Waals surface area contributed by atoms with Crippen LogP contribution in [0.25, 0.3) is 0 Å². The molecule has 2 unspecified atom stereocenters. The lowest BCUT2D eigenvalue weighted by atomic mass is 10.1. The third-order valence-electron chi connectivity index (χ3n) is 5.08. The van der Waals surface area contributed by atoms with E-state index in [0.29, 0.717) is 0 Å². The lowest BCUT2D eigenvalue weighted by molar-refractivity contribution is -0.130. The highest BCUT2D eigenvalue weighted by atomic mass is 32.2. The lowest BCUT2D eigenvalue weighted by Gasteiger charge is -2.28. The van der Waals surface area contributed by atoms with E-state index in [4.69, 9.17) is 0 Å². The van der Waals surface area contributed by atoms with Crippen LogP contribution in [0.4, 0.5) is 0 Å². The van der Waals surface area contributed by atoms with Gasteiger partial charge in [0.1, 0.15) is 5.75 Å². The number of hydrogen-bond donors (Lipinski definition) is 1. The quantitative estimate of drug-likeness (QED) is 0.833. The summed E-state index contributed by atoms with van der Waals surface area (Å²) in [5, 5.41) is 3.07. The average molecular weight is 300 g/mol. The van der Waals surface area contributed by atoms with Gasteiger partial charge < -0.3 is 10.2 Å². The largest absolute Gasteiger partial charge is 0.335 e. The Morgan fingerprint density at radius 1 is 1.05 bits per heavy atom. The van der Waals surface area contributed by atoms with Crippen molar-refractivity contribution < 1.29 is 13.2 Å². The van der Waals surface area contributed by atoms with Crippen LogP contribution in [0.3, 0.4) is 0 Å². The summed E-state index contributed by atoms with van der Waals surface area (Å²) in [4.78, 5) is 14.4. The minimum atomic E-state index is -3.25. The predicted octanol–water partition coefficient (Wildman–Crippen LogP) is 0.697. The molecule has 5 nitrogen and oxygen atoms in total. The Kier molecular flexibility index (Phi) is 4.04. The topological polar surface area (TPSA) is 66.5 Å². The molecule has 1 amide bonds. The van der Waals surface area contributed by atoms with Crippen LogP contribution in [0.5, 0.6) is 0 Å². The number of hydrogen-bond acceptors (Lipinski definition) is 4. The van der Waals surface area contributed by atoms with E-state index in [1.54, 1.807) is 0 Å². The van der Waals surface area contributed by atoms with E-state index in [1.807, 2.05) is 4.90 Å². The molecule has 0 radical (unpaired) electrons. The molecule has 2 bridgehead atoms. The molecule has 1 saturated carbocycles. The average Bonchev–Trinajstić information content (AvgIpc) is 2.96. The molecule has 2 aliphatic heterocycles. The summed E-state index contributed by atoms with van der Waals surface area (Å²) in [6, 6.07) is 0.454. The Labute approximate surface area is 121 Å². The predicted molar refractivity (Wildman–Crippen MR) is 77.2 cm³/mol. The zero-order valence-corrected chi connectivity index (χ0v) is 12.7. The van der Waals surface area contributed by atoms with E-state index in [2.05, 4.69) is 5.32 Å². The van der Waals surface area contributed by atoms with Gasteiger partial charge in [0, 0.05) is 18.6 Å². The van der Waals surface area contributed by atoms with Crippen LogP contribution in [-0.2, 0) is 14.6 Å². The monoisotopic (exact) mass is 300 g/mol. The van der Waals surface area contributed by atoms with Gasteiger partial charge in [0.25, 0.3) is 0 Å². The summed E-state index contributed by atoms with van der Waals surface area (Å²) < 4.78 is 24.7. The molecule has 0 aromatic rings. The summed E-state index contributed by atoms with van der Waals surface area (Å²) in [6.07, 6.45) is 6.43. The number of sulfone groups is 1. The fraction of sp³-hybridized carbons (Fsp3) is 0.929. The Morgan fingerprint density at radius 2 is 1.75 bits per heavy atom. The maximum absolute atomic E-state index is 12.5. The van der Waals surface area contributed by atoms with Gasteiger partial charge in [0.2, 0.25) is 5.91 Å². The lowest BCUT2D eigenvalue weighted by Crippen LogP contribution is -2.46. The van der Waals surface area contributed by atoms with Crippen LogP contribution in [0.1, 0.15) is 44.9 Å². The molecule has 20 heavy (non-hydrogen) atoms. The smallest absolute Gasteiger partial charge is 0.238 e. The van der Waals surface area contributed by atoms with Crippen molar-refractivity contribution in [1.82, 2.24) is 10.2 Å². The second-order valence-electron chi connectivity index (χ2n) is 6.39. The van der Waals surface area contributed by atoms with Crippen molar-refractivity contribution in [3.63, 3.8) is 0 Å². The molecule has 0 aromatic carbocycles. The fourth-order valence-corrected chi connectivity index (χ4v) is 5.78. The van der Waals surface area contributed by atoms with Gasteiger partial charge in [-0.15, -0.1) is 0 Å². The molecule has 6 heteroatoms. The second-order valence-corrected chi connectivity index (χ2v) is 8.67. The van der Waals surface area contributed by atoms with Gasteiger partial charge in [-0.05, 0) is 38.6 Å². The van der Waals surface area contributed by atoms with Gasteiger partial charge in [-0.25, -0.2) is 8.42 Å². The summed E-state index contributed by atoms with van der Waals surface area (Å²) in [5.74, 6) is -0.432. The molecule has 1 aliphatic carbocycles. The fourth-order valence-electron chi connectivity index (χ4n) is 4.00. The first-order valence-corrected chi connectivity index (χ1v) is 9.53. The van der Waals surface area contributed by atoms with Crippen LogP contribution in [0.2, 0.25) is 0 Å². The number of nitrogens with one attached hydrogen (secondary N) is 1. The second kappa shape index (κ2) is 5.64. The van der Waals surface area contributed by atoms with E-state index < -0.39 is 9.84 Å². The van der Waals surface area contributed by atoms with Crippen molar-refractivity contribution in [2.75, 3.05) is 18.8 Å². The molecule has 0 spiro atoms. The number of nitrogens with zero attached hydrogens (tertiary/aromatic N) is 1. The van der Waals surface area contributed by atoms with E-state index in [9.17, 15) is 13.2 Å². The molecule has 3 aliphatic rings. The maximum atomic E-state index is 12.5. The molecule has 1 N–H and O–H groups in total.